The molecule has 0 radical (unpaired) electrons. The number of nitrogens with zero attached hydrogens (tertiary/aromatic N) is 1. The maximum atomic E-state index is 12.9. The van der Waals surface area contributed by atoms with E-state index in [2.05, 4.69) is 17.6 Å². The molecule has 168 valence electrons. The second-order valence-electron chi connectivity index (χ2n) is 7.68. The Kier molecular flexibility index (Phi) is 6.45. The first-order valence-electron chi connectivity index (χ1n) is 10.2. The Balaban J connectivity index is 1.39. The molecule has 1 atom stereocenters. The van der Waals surface area contributed by atoms with Gasteiger partial charge < -0.3 is 15.1 Å². The summed E-state index contributed by atoms with van der Waals surface area (Å²) < 4.78 is 32.3. The molecule has 3 aromatic rings. The number of carbonyl (C=O) groups is 2. The van der Waals surface area contributed by atoms with Crippen LogP contribution in [0.3, 0.4) is 0 Å². The lowest BCUT2D eigenvalue weighted by Crippen LogP contribution is -2.39. The van der Waals surface area contributed by atoms with Gasteiger partial charge in [-0.1, -0.05) is 6.92 Å². The van der Waals surface area contributed by atoms with E-state index >= 15 is 0 Å². The fourth-order valence-corrected chi connectivity index (χ4v) is 5.92. The van der Waals surface area contributed by atoms with Gasteiger partial charge in [-0.3, -0.25) is 9.59 Å². The van der Waals surface area contributed by atoms with E-state index in [9.17, 15) is 18.0 Å². The van der Waals surface area contributed by atoms with Gasteiger partial charge in [-0.2, -0.15) is 4.31 Å². The van der Waals surface area contributed by atoms with Crippen molar-refractivity contribution in [3.63, 3.8) is 0 Å². The van der Waals surface area contributed by atoms with Crippen molar-refractivity contribution in [2.75, 3.05) is 23.7 Å². The Morgan fingerprint density at radius 3 is 2.53 bits per heavy atom. The number of sulfonamides is 1. The number of rotatable bonds is 6. The van der Waals surface area contributed by atoms with Gasteiger partial charge in [-0.05, 0) is 67.3 Å². The van der Waals surface area contributed by atoms with Crippen molar-refractivity contribution >= 4 is 43.9 Å². The number of carbonyl (C=O) groups excluding carboxylic acids is 2. The summed E-state index contributed by atoms with van der Waals surface area (Å²) in [6, 6.07) is 12.6. The van der Waals surface area contributed by atoms with Crippen molar-refractivity contribution in [1.29, 1.82) is 0 Å². The van der Waals surface area contributed by atoms with Crippen LogP contribution >= 0.6 is 11.3 Å². The van der Waals surface area contributed by atoms with Crippen LogP contribution in [0, 0.1) is 5.92 Å². The predicted octanol–water partition coefficient (Wildman–Crippen LogP) is 4.27. The summed E-state index contributed by atoms with van der Waals surface area (Å²) in [5, 5.41) is 5.93. The Bertz CT molecular complexity index is 1200. The highest BCUT2D eigenvalue weighted by Crippen LogP contribution is 2.26. The van der Waals surface area contributed by atoms with Crippen LogP contribution in [-0.2, 0) is 10.0 Å². The highest BCUT2D eigenvalue weighted by molar-refractivity contribution is 7.89. The Labute approximate surface area is 190 Å². The zero-order valence-electron chi connectivity index (χ0n) is 17.4. The van der Waals surface area contributed by atoms with Crippen LogP contribution < -0.4 is 10.6 Å². The summed E-state index contributed by atoms with van der Waals surface area (Å²) in [5.74, 6) is -0.229. The maximum absolute atomic E-state index is 12.9. The standard InChI is InChI=1S/C22H23N3O5S2/c1-15-4-2-12-25(14-15)32(28,29)17-8-6-16(7-9-17)23-22(27)19-10-11-20(31-19)24-21(26)18-5-3-13-30-18/h3,5-11,13,15H,2,4,12,14H2,1H3,(H,23,27)(H,24,26). The van der Waals surface area contributed by atoms with Crippen LogP contribution in [0.5, 0.6) is 0 Å². The summed E-state index contributed by atoms with van der Waals surface area (Å²) in [6.45, 7) is 3.11. The molecule has 2 aromatic heterocycles. The molecule has 3 heterocycles. The fraction of sp³-hybridized carbons (Fsp3) is 0.273. The van der Waals surface area contributed by atoms with Crippen LogP contribution in [0.4, 0.5) is 10.7 Å². The summed E-state index contributed by atoms with van der Waals surface area (Å²) in [7, 11) is -3.54. The summed E-state index contributed by atoms with van der Waals surface area (Å²) >= 11 is 1.12. The molecular weight excluding hydrogens is 450 g/mol. The smallest absolute Gasteiger partial charge is 0.291 e. The zero-order chi connectivity index (χ0) is 22.7. The van der Waals surface area contributed by atoms with Gasteiger partial charge >= 0.3 is 0 Å². The van der Waals surface area contributed by atoms with Crippen molar-refractivity contribution < 1.29 is 22.4 Å². The fourth-order valence-electron chi connectivity index (χ4n) is 3.52. The second kappa shape index (κ2) is 9.27. The van der Waals surface area contributed by atoms with Crippen molar-refractivity contribution in [1.82, 2.24) is 4.31 Å². The topological polar surface area (TPSA) is 109 Å². The summed E-state index contributed by atoms with van der Waals surface area (Å²) in [5.41, 5.74) is 0.482. The minimum atomic E-state index is -3.54. The van der Waals surface area contributed by atoms with Gasteiger partial charge in [-0.25, -0.2) is 8.42 Å². The van der Waals surface area contributed by atoms with Crippen molar-refractivity contribution in [2.24, 2.45) is 5.92 Å². The molecule has 0 saturated carbocycles. The van der Waals surface area contributed by atoms with E-state index in [0.29, 0.717) is 34.6 Å². The van der Waals surface area contributed by atoms with Crippen molar-refractivity contribution in [3.8, 4) is 0 Å². The highest BCUT2D eigenvalue weighted by Gasteiger charge is 2.28. The van der Waals surface area contributed by atoms with E-state index in [-0.39, 0.29) is 16.6 Å². The summed E-state index contributed by atoms with van der Waals surface area (Å²) in [6.07, 6.45) is 3.30. The van der Waals surface area contributed by atoms with Crippen LogP contribution in [0.1, 0.15) is 40.0 Å². The normalized spacial score (nSPS) is 17.1. The first-order valence-corrected chi connectivity index (χ1v) is 12.4. The molecule has 2 N–H and O–H groups in total. The van der Waals surface area contributed by atoms with Gasteiger partial charge in [-0.15, -0.1) is 11.3 Å². The molecule has 1 unspecified atom stereocenters. The number of thiophene rings is 1. The van der Waals surface area contributed by atoms with E-state index in [1.807, 2.05) is 0 Å². The van der Waals surface area contributed by atoms with Crippen LogP contribution in [0.15, 0.2) is 64.1 Å². The molecule has 1 fully saturated rings. The molecule has 1 aliphatic rings. The molecule has 32 heavy (non-hydrogen) atoms. The van der Waals surface area contributed by atoms with Crippen molar-refractivity contribution in [3.05, 3.63) is 65.4 Å². The van der Waals surface area contributed by atoms with Crippen LogP contribution in [0.2, 0.25) is 0 Å². The van der Waals surface area contributed by atoms with E-state index < -0.39 is 15.9 Å². The van der Waals surface area contributed by atoms with E-state index in [1.165, 1.54) is 22.7 Å². The SMILES string of the molecule is CC1CCCN(S(=O)(=O)c2ccc(NC(=O)c3ccc(NC(=O)c4ccco4)s3)cc2)C1. The number of furan rings is 1. The maximum Gasteiger partial charge on any atom is 0.291 e. The number of hydrogen-bond donors (Lipinski definition) is 2. The number of anilines is 2. The molecule has 0 aliphatic carbocycles. The molecule has 4 rings (SSSR count). The minimum Gasteiger partial charge on any atom is -0.459 e. The first-order chi connectivity index (χ1) is 15.3. The van der Waals surface area contributed by atoms with Crippen molar-refractivity contribution in [2.45, 2.75) is 24.7 Å². The molecule has 8 nitrogen and oxygen atoms in total. The van der Waals surface area contributed by atoms with E-state index in [0.717, 1.165) is 24.2 Å². The van der Waals surface area contributed by atoms with Gasteiger partial charge in [0.05, 0.1) is 21.0 Å². The van der Waals surface area contributed by atoms with E-state index in [4.69, 9.17) is 4.42 Å². The third-order valence-electron chi connectivity index (χ3n) is 5.18. The molecule has 0 bridgehead atoms. The Morgan fingerprint density at radius 2 is 1.84 bits per heavy atom. The molecule has 1 saturated heterocycles. The van der Waals surface area contributed by atoms with Gasteiger partial charge in [0, 0.05) is 18.8 Å². The molecule has 2 amide bonds. The number of hydrogen-bond acceptors (Lipinski definition) is 6. The minimum absolute atomic E-state index is 0.179. The number of nitrogens with one attached hydrogen (secondary N) is 2. The molecular formula is C22H23N3O5S2. The average molecular weight is 474 g/mol. The third-order valence-corrected chi connectivity index (χ3v) is 8.06. The highest BCUT2D eigenvalue weighted by atomic mass is 32.2. The van der Waals surface area contributed by atoms with Gasteiger partial charge in [0.25, 0.3) is 11.8 Å². The van der Waals surface area contributed by atoms with Gasteiger partial charge in [0.1, 0.15) is 0 Å². The number of benzene rings is 1. The molecule has 10 heteroatoms. The lowest BCUT2D eigenvalue weighted by molar-refractivity contribution is 0.0995. The zero-order valence-corrected chi connectivity index (χ0v) is 19.0. The van der Waals surface area contributed by atoms with Crippen LogP contribution in [-0.4, -0.2) is 37.6 Å². The molecule has 0 spiro atoms. The van der Waals surface area contributed by atoms with Gasteiger partial charge in [0.2, 0.25) is 10.0 Å². The first kappa shape index (κ1) is 22.3. The lowest BCUT2D eigenvalue weighted by Gasteiger charge is -2.30. The monoisotopic (exact) mass is 473 g/mol. The molecule has 1 aliphatic heterocycles. The lowest BCUT2D eigenvalue weighted by atomic mass is 10.0. The number of amides is 2. The average Bonchev–Trinajstić information content (AvgIpc) is 3.47. The second-order valence-corrected chi connectivity index (χ2v) is 10.7. The summed E-state index contributed by atoms with van der Waals surface area (Å²) in [4.78, 5) is 25.2. The molecule has 1 aromatic carbocycles. The largest absolute Gasteiger partial charge is 0.459 e. The number of piperidine rings is 1. The van der Waals surface area contributed by atoms with E-state index in [1.54, 1.807) is 36.4 Å². The Morgan fingerprint density at radius 1 is 1.06 bits per heavy atom. The van der Waals surface area contributed by atoms with Crippen LogP contribution in [0.25, 0.3) is 0 Å². The van der Waals surface area contributed by atoms with Gasteiger partial charge in [0.15, 0.2) is 5.76 Å². The third kappa shape index (κ3) is 4.93. The Hall–Kier alpha value is -2.95. The quantitative estimate of drug-likeness (QED) is 0.556. The predicted molar refractivity (Wildman–Crippen MR) is 123 cm³/mol.